The molecular formula is C16H21N3O. The first-order valence-electron chi connectivity index (χ1n) is 6.81. The molecule has 106 valence electrons. The summed E-state index contributed by atoms with van der Waals surface area (Å²) in [4.78, 5) is 8.92. The molecule has 2 rings (SSSR count). The molecule has 0 amide bonds. The molecule has 0 radical (unpaired) electrons. The number of methoxy groups -OCH3 is 1. The Kier molecular flexibility index (Phi) is 4.23. The van der Waals surface area contributed by atoms with Gasteiger partial charge >= 0.3 is 0 Å². The van der Waals surface area contributed by atoms with E-state index in [2.05, 4.69) is 41.3 Å². The van der Waals surface area contributed by atoms with E-state index >= 15 is 0 Å². The number of aromatic nitrogens is 2. The minimum absolute atomic E-state index is 0.749. The fourth-order valence-electron chi connectivity index (χ4n) is 2.23. The molecule has 1 N–H and O–H groups in total. The number of aryl methyl sites for hydroxylation is 2. The number of ether oxygens (including phenoxy) is 1. The molecule has 4 nitrogen and oxygen atoms in total. The zero-order valence-corrected chi connectivity index (χ0v) is 12.7. The lowest BCUT2D eigenvalue weighted by atomic mass is 10.0. The molecule has 20 heavy (non-hydrogen) atoms. The number of rotatable bonds is 4. The largest absolute Gasteiger partial charge is 0.496 e. The van der Waals surface area contributed by atoms with Crippen molar-refractivity contribution in [2.24, 2.45) is 0 Å². The maximum atomic E-state index is 5.57. The fraction of sp³-hybridized carbons (Fsp3) is 0.375. The first kappa shape index (κ1) is 14.3. The third-order valence-electron chi connectivity index (χ3n) is 3.35. The number of anilines is 1. The van der Waals surface area contributed by atoms with Gasteiger partial charge in [-0.3, -0.25) is 0 Å². The van der Waals surface area contributed by atoms with Crippen molar-refractivity contribution in [2.75, 3.05) is 19.0 Å². The Morgan fingerprint density at radius 1 is 1.15 bits per heavy atom. The van der Waals surface area contributed by atoms with Crippen molar-refractivity contribution in [1.82, 2.24) is 9.97 Å². The van der Waals surface area contributed by atoms with Crippen LogP contribution in [0.25, 0.3) is 11.3 Å². The first-order chi connectivity index (χ1) is 9.56. The van der Waals surface area contributed by atoms with Crippen LogP contribution < -0.4 is 10.1 Å². The van der Waals surface area contributed by atoms with Gasteiger partial charge in [0.05, 0.1) is 12.8 Å². The summed E-state index contributed by atoms with van der Waals surface area (Å²) in [6.07, 6.45) is 0. The SMILES string of the molecule is CCNc1cc(-c2ccc(C)c(C)c2OC)nc(C)n1. The average Bonchev–Trinajstić information content (AvgIpc) is 2.41. The Hall–Kier alpha value is -2.10. The van der Waals surface area contributed by atoms with Crippen LogP contribution in [0.5, 0.6) is 5.75 Å². The van der Waals surface area contributed by atoms with Crippen molar-refractivity contribution in [1.29, 1.82) is 0 Å². The molecule has 1 aromatic carbocycles. The summed E-state index contributed by atoms with van der Waals surface area (Å²) in [5.74, 6) is 2.47. The van der Waals surface area contributed by atoms with Crippen LogP contribution in [-0.2, 0) is 0 Å². The number of benzene rings is 1. The molecule has 0 aliphatic heterocycles. The maximum Gasteiger partial charge on any atom is 0.131 e. The van der Waals surface area contributed by atoms with Gasteiger partial charge in [0.2, 0.25) is 0 Å². The molecule has 0 spiro atoms. The quantitative estimate of drug-likeness (QED) is 0.924. The summed E-state index contributed by atoms with van der Waals surface area (Å²) >= 11 is 0. The highest BCUT2D eigenvalue weighted by molar-refractivity contribution is 5.72. The van der Waals surface area contributed by atoms with Gasteiger partial charge in [0.25, 0.3) is 0 Å². The Morgan fingerprint density at radius 3 is 2.55 bits per heavy atom. The van der Waals surface area contributed by atoms with Crippen LogP contribution in [0.1, 0.15) is 23.9 Å². The number of hydrogen-bond donors (Lipinski definition) is 1. The van der Waals surface area contributed by atoms with Crippen molar-refractivity contribution in [3.8, 4) is 17.0 Å². The Labute approximate surface area is 120 Å². The van der Waals surface area contributed by atoms with E-state index in [1.165, 1.54) is 5.56 Å². The van der Waals surface area contributed by atoms with Crippen molar-refractivity contribution in [2.45, 2.75) is 27.7 Å². The van der Waals surface area contributed by atoms with E-state index in [0.717, 1.165) is 40.8 Å². The second-order valence-corrected chi connectivity index (χ2v) is 4.80. The van der Waals surface area contributed by atoms with E-state index < -0.39 is 0 Å². The predicted molar refractivity (Wildman–Crippen MR) is 82.4 cm³/mol. The molecule has 0 atom stereocenters. The third kappa shape index (κ3) is 2.74. The Morgan fingerprint density at radius 2 is 1.90 bits per heavy atom. The normalized spacial score (nSPS) is 10.4. The molecule has 4 heteroatoms. The lowest BCUT2D eigenvalue weighted by Gasteiger charge is -2.14. The van der Waals surface area contributed by atoms with Gasteiger partial charge in [-0.25, -0.2) is 9.97 Å². The average molecular weight is 271 g/mol. The summed E-state index contributed by atoms with van der Waals surface area (Å²) < 4.78 is 5.57. The van der Waals surface area contributed by atoms with Gasteiger partial charge in [0, 0.05) is 18.2 Å². The molecule has 0 bridgehead atoms. The lowest BCUT2D eigenvalue weighted by molar-refractivity contribution is 0.413. The van der Waals surface area contributed by atoms with Crippen LogP contribution >= 0.6 is 0 Å². The van der Waals surface area contributed by atoms with Crippen molar-refractivity contribution >= 4 is 5.82 Å². The van der Waals surface area contributed by atoms with E-state index in [9.17, 15) is 0 Å². The minimum atomic E-state index is 0.749. The van der Waals surface area contributed by atoms with Crippen molar-refractivity contribution in [3.63, 3.8) is 0 Å². The highest BCUT2D eigenvalue weighted by Gasteiger charge is 2.13. The molecule has 1 heterocycles. The highest BCUT2D eigenvalue weighted by atomic mass is 16.5. The van der Waals surface area contributed by atoms with E-state index in [-0.39, 0.29) is 0 Å². The number of nitrogens with one attached hydrogen (secondary N) is 1. The monoisotopic (exact) mass is 271 g/mol. The second-order valence-electron chi connectivity index (χ2n) is 4.80. The van der Waals surface area contributed by atoms with Crippen LogP contribution in [-0.4, -0.2) is 23.6 Å². The van der Waals surface area contributed by atoms with E-state index in [1.54, 1.807) is 7.11 Å². The van der Waals surface area contributed by atoms with Gasteiger partial charge < -0.3 is 10.1 Å². The molecule has 0 fully saturated rings. The van der Waals surface area contributed by atoms with Crippen LogP contribution in [0.15, 0.2) is 18.2 Å². The topological polar surface area (TPSA) is 47.0 Å². The van der Waals surface area contributed by atoms with Gasteiger partial charge in [-0.15, -0.1) is 0 Å². The van der Waals surface area contributed by atoms with E-state index in [4.69, 9.17) is 4.74 Å². The molecule has 0 aliphatic rings. The smallest absolute Gasteiger partial charge is 0.131 e. The highest BCUT2D eigenvalue weighted by Crippen LogP contribution is 2.34. The van der Waals surface area contributed by atoms with Crippen LogP contribution in [0.4, 0.5) is 5.82 Å². The van der Waals surface area contributed by atoms with Crippen molar-refractivity contribution < 1.29 is 4.74 Å². The van der Waals surface area contributed by atoms with Crippen molar-refractivity contribution in [3.05, 3.63) is 35.2 Å². The van der Waals surface area contributed by atoms with Crippen LogP contribution in [0, 0.1) is 20.8 Å². The molecule has 1 aromatic heterocycles. The Bertz CT molecular complexity index is 623. The summed E-state index contributed by atoms with van der Waals surface area (Å²) in [6, 6.07) is 6.11. The second kappa shape index (κ2) is 5.90. The molecule has 0 aliphatic carbocycles. The molecule has 0 saturated carbocycles. The van der Waals surface area contributed by atoms with Gasteiger partial charge in [-0.05, 0) is 44.9 Å². The van der Waals surface area contributed by atoms with E-state index in [1.807, 2.05) is 19.9 Å². The third-order valence-corrected chi connectivity index (χ3v) is 3.35. The zero-order valence-electron chi connectivity index (χ0n) is 12.7. The summed E-state index contributed by atoms with van der Waals surface area (Å²) in [6.45, 7) is 8.93. The van der Waals surface area contributed by atoms with E-state index in [0.29, 0.717) is 0 Å². The molecular weight excluding hydrogens is 250 g/mol. The summed E-state index contributed by atoms with van der Waals surface area (Å²) in [7, 11) is 1.70. The van der Waals surface area contributed by atoms with Gasteiger partial charge in [-0.2, -0.15) is 0 Å². The zero-order chi connectivity index (χ0) is 14.7. The minimum Gasteiger partial charge on any atom is -0.496 e. The molecule has 0 unspecified atom stereocenters. The first-order valence-corrected chi connectivity index (χ1v) is 6.81. The standard InChI is InChI=1S/C16H21N3O/c1-6-17-15-9-14(18-12(4)19-15)13-8-7-10(2)11(3)16(13)20-5/h7-9H,6H2,1-5H3,(H,17,18,19). The fourth-order valence-corrected chi connectivity index (χ4v) is 2.23. The predicted octanol–water partition coefficient (Wildman–Crippen LogP) is 3.51. The van der Waals surface area contributed by atoms with Crippen LogP contribution in [0.2, 0.25) is 0 Å². The van der Waals surface area contributed by atoms with Gasteiger partial charge in [-0.1, -0.05) is 6.07 Å². The van der Waals surface area contributed by atoms with Gasteiger partial charge in [0.1, 0.15) is 17.4 Å². The maximum absolute atomic E-state index is 5.57. The number of nitrogens with zero attached hydrogens (tertiary/aromatic N) is 2. The lowest BCUT2D eigenvalue weighted by Crippen LogP contribution is -2.03. The number of hydrogen-bond acceptors (Lipinski definition) is 4. The molecule has 0 saturated heterocycles. The molecule has 2 aromatic rings. The van der Waals surface area contributed by atoms with Gasteiger partial charge in [0.15, 0.2) is 0 Å². The summed E-state index contributed by atoms with van der Waals surface area (Å²) in [5, 5.41) is 3.23. The Balaban J connectivity index is 2.59. The van der Waals surface area contributed by atoms with Crippen LogP contribution in [0.3, 0.4) is 0 Å². The summed E-state index contributed by atoms with van der Waals surface area (Å²) in [5.41, 5.74) is 4.24.